The molecule has 10 nitrogen and oxygen atoms in total. The topological polar surface area (TPSA) is 139 Å². The number of hydrogen-bond acceptors (Lipinski definition) is 7. The molecule has 1 aliphatic heterocycles. The number of carbonyl (C=O) groups is 5. The number of amides is 2. The third-order valence-electron chi connectivity index (χ3n) is 5.60. The van der Waals surface area contributed by atoms with Gasteiger partial charge in [-0.05, 0) is 24.1 Å². The van der Waals surface area contributed by atoms with Crippen molar-refractivity contribution in [2.75, 3.05) is 20.2 Å². The number of ether oxygens (including phenoxy) is 2. The molecule has 3 rings (SSSR count). The van der Waals surface area contributed by atoms with E-state index in [4.69, 9.17) is 9.47 Å². The normalized spacial score (nSPS) is 14.2. The molecule has 1 heterocycles. The summed E-state index contributed by atoms with van der Waals surface area (Å²) in [7, 11) is 1.12. The van der Waals surface area contributed by atoms with Crippen LogP contribution in [0.3, 0.4) is 0 Å². The molecule has 188 valence electrons. The number of para-hydroxylation sites is 1. The van der Waals surface area contributed by atoms with Gasteiger partial charge >= 0.3 is 17.9 Å². The largest absolute Gasteiger partial charge is 0.480 e. The van der Waals surface area contributed by atoms with Gasteiger partial charge in [0.2, 0.25) is 11.8 Å². The molecule has 1 aliphatic rings. The Hall–Kier alpha value is -4.47. The van der Waals surface area contributed by atoms with Crippen molar-refractivity contribution in [2.24, 2.45) is 0 Å². The molecular formula is C26H26N2O8. The van der Waals surface area contributed by atoms with E-state index in [1.165, 1.54) is 30.0 Å². The summed E-state index contributed by atoms with van der Waals surface area (Å²) in [5, 5.41) is 12.2. The van der Waals surface area contributed by atoms with Crippen LogP contribution >= 0.6 is 0 Å². The summed E-state index contributed by atoms with van der Waals surface area (Å²) in [6.45, 7) is 2.13. The van der Waals surface area contributed by atoms with Gasteiger partial charge in [0, 0.05) is 25.1 Å². The van der Waals surface area contributed by atoms with Crippen LogP contribution in [0.15, 0.2) is 65.9 Å². The summed E-state index contributed by atoms with van der Waals surface area (Å²) in [4.78, 5) is 63.3. The molecule has 0 unspecified atom stereocenters. The molecule has 0 saturated carbocycles. The van der Waals surface area contributed by atoms with Gasteiger partial charge in [-0.25, -0.2) is 4.79 Å². The van der Waals surface area contributed by atoms with Crippen molar-refractivity contribution in [1.82, 2.24) is 10.2 Å². The van der Waals surface area contributed by atoms with Gasteiger partial charge in [-0.3, -0.25) is 19.2 Å². The number of nitrogens with zero attached hydrogens (tertiary/aromatic N) is 1. The minimum absolute atomic E-state index is 0.0528. The number of esters is 2. The Kier molecular flexibility index (Phi) is 8.56. The molecule has 1 fully saturated rings. The first-order valence-electron chi connectivity index (χ1n) is 11.1. The number of likely N-dealkylation sites (tertiary alicyclic amines) is 1. The molecule has 10 heteroatoms. The second-order valence-corrected chi connectivity index (χ2v) is 8.15. The summed E-state index contributed by atoms with van der Waals surface area (Å²) in [6.07, 6.45) is 0.344. The third-order valence-corrected chi connectivity index (χ3v) is 5.60. The van der Waals surface area contributed by atoms with Crippen molar-refractivity contribution in [3.63, 3.8) is 0 Å². The van der Waals surface area contributed by atoms with Gasteiger partial charge in [0.1, 0.15) is 11.4 Å². The number of carboxylic acid groups (broad SMARTS) is 1. The van der Waals surface area contributed by atoms with Crippen LogP contribution in [0.1, 0.15) is 30.4 Å². The maximum absolute atomic E-state index is 13.1. The van der Waals surface area contributed by atoms with Gasteiger partial charge in [-0.1, -0.05) is 48.5 Å². The molecule has 2 N–H and O–H groups in total. The average molecular weight is 495 g/mol. The van der Waals surface area contributed by atoms with Crippen LogP contribution in [-0.2, 0) is 35.1 Å². The first-order valence-corrected chi connectivity index (χ1v) is 11.1. The fourth-order valence-electron chi connectivity index (χ4n) is 3.64. The zero-order valence-electron chi connectivity index (χ0n) is 19.9. The molecule has 0 aromatic heterocycles. The number of β-lactam (4-membered cyclic amide) rings is 1. The van der Waals surface area contributed by atoms with Crippen molar-refractivity contribution >= 4 is 29.7 Å². The first kappa shape index (κ1) is 26.1. The predicted octanol–water partition coefficient (Wildman–Crippen LogP) is 1.80. The van der Waals surface area contributed by atoms with E-state index in [0.717, 1.165) is 7.11 Å². The SMILES string of the molecule is COC(=O)C(NC(=O)[C@H](C(=O)O)c1ccccc1OC(=O)Cc1ccccc1)=C(C)CN1CCC1=O. The Morgan fingerprint density at radius 1 is 1.06 bits per heavy atom. The molecule has 2 aromatic carbocycles. The Labute approximate surface area is 207 Å². The first-order chi connectivity index (χ1) is 17.2. The van der Waals surface area contributed by atoms with Crippen LogP contribution in [0, 0.1) is 0 Å². The number of benzene rings is 2. The number of hydrogen-bond donors (Lipinski definition) is 2. The highest BCUT2D eigenvalue weighted by molar-refractivity contribution is 6.06. The lowest BCUT2D eigenvalue weighted by Crippen LogP contribution is -2.45. The highest BCUT2D eigenvalue weighted by Gasteiger charge is 2.34. The van der Waals surface area contributed by atoms with Crippen LogP contribution < -0.4 is 10.1 Å². The fraction of sp³-hybridized carbons (Fsp3) is 0.269. The number of nitrogens with one attached hydrogen (secondary N) is 1. The fourth-order valence-corrected chi connectivity index (χ4v) is 3.64. The minimum atomic E-state index is -1.80. The molecule has 1 atom stereocenters. The summed E-state index contributed by atoms with van der Waals surface area (Å²) in [6, 6.07) is 14.6. The number of carboxylic acids is 1. The Morgan fingerprint density at radius 2 is 1.72 bits per heavy atom. The molecule has 2 amide bonds. The second kappa shape index (κ2) is 11.8. The summed E-state index contributed by atoms with van der Waals surface area (Å²) < 4.78 is 10.1. The Balaban J connectivity index is 1.84. The molecule has 2 aromatic rings. The lowest BCUT2D eigenvalue weighted by Gasteiger charge is -2.31. The quantitative estimate of drug-likeness (QED) is 0.168. The van der Waals surface area contributed by atoms with Gasteiger partial charge < -0.3 is 24.8 Å². The van der Waals surface area contributed by atoms with E-state index in [1.54, 1.807) is 36.4 Å². The van der Waals surface area contributed by atoms with E-state index in [1.807, 2.05) is 0 Å². The van der Waals surface area contributed by atoms with Crippen molar-refractivity contribution in [3.8, 4) is 5.75 Å². The summed E-state index contributed by atoms with van der Waals surface area (Å²) in [5.41, 5.74) is 0.710. The molecule has 0 aliphatic carbocycles. The lowest BCUT2D eigenvalue weighted by atomic mass is 9.96. The van der Waals surface area contributed by atoms with E-state index < -0.39 is 29.7 Å². The van der Waals surface area contributed by atoms with Crippen LogP contribution in [0.25, 0.3) is 0 Å². The molecule has 1 saturated heterocycles. The highest BCUT2D eigenvalue weighted by Crippen LogP contribution is 2.28. The van der Waals surface area contributed by atoms with Crippen molar-refractivity contribution < 1.29 is 38.6 Å². The van der Waals surface area contributed by atoms with E-state index in [-0.39, 0.29) is 35.9 Å². The lowest BCUT2D eigenvalue weighted by molar-refractivity contribution is -0.145. The van der Waals surface area contributed by atoms with Crippen LogP contribution in [0.2, 0.25) is 0 Å². The van der Waals surface area contributed by atoms with Crippen LogP contribution in [0.5, 0.6) is 5.75 Å². The predicted molar refractivity (Wildman–Crippen MR) is 127 cm³/mol. The molecule has 0 spiro atoms. The zero-order chi connectivity index (χ0) is 26.2. The molecule has 0 bridgehead atoms. The van der Waals surface area contributed by atoms with Crippen molar-refractivity contribution in [1.29, 1.82) is 0 Å². The van der Waals surface area contributed by atoms with Gasteiger partial charge in [0.25, 0.3) is 0 Å². The standard InChI is InChI=1S/C26H26N2O8/c1-16(15-28-13-12-20(28)29)23(26(34)35-2)27-24(31)22(25(32)33)18-10-6-7-11-19(18)36-21(30)14-17-8-4-3-5-9-17/h3-11,22H,12-15H2,1-2H3,(H,27,31)(H,32,33)/t22-/m1/s1. The molecule has 36 heavy (non-hydrogen) atoms. The summed E-state index contributed by atoms with van der Waals surface area (Å²) in [5.74, 6) is -6.07. The smallest absolute Gasteiger partial charge is 0.354 e. The number of methoxy groups -OCH3 is 1. The minimum Gasteiger partial charge on any atom is -0.480 e. The number of carbonyl (C=O) groups excluding carboxylic acids is 4. The van der Waals surface area contributed by atoms with E-state index in [2.05, 4.69) is 5.32 Å². The second-order valence-electron chi connectivity index (χ2n) is 8.15. The zero-order valence-corrected chi connectivity index (χ0v) is 19.9. The van der Waals surface area contributed by atoms with Crippen molar-refractivity contribution in [3.05, 3.63) is 77.0 Å². The monoisotopic (exact) mass is 494 g/mol. The van der Waals surface area contributed by atoms with Crippen LogP contribution in [0.4, 0.5) is 0 Å². The Bertz CT molecular complexity index is 1210. The van der Waals surface area contributed by atoms with Gasteiger partial charge in [0.05, 0.1) is 13.5 Å². The third kappa shape index (κ3) is 6.35. The molecule has 0 radical (unpaired) electrons. The maximum atomic E-state index is 13.1. The van der Waals surface area contributed by atoms with Gasteiger partial charge in [0.15, 0.2) is 5.92 Å². The summed E-state index contributed by atoms with van der Waals surface area (Å²) >= 11 is 0. The Morgan fingerprint density at radius 3 is 2.31 bits per heavy atom. The van der Waals surface area contributed by atoms with Gasteiger partial charge in [-0.15, -0.1) is 0 Å². The van der Waals surface area contributed by atoms with Crippen LogP contribution in [-0.4, -0.2) is 59.9 Å². The maximum Gasteiger partial charge on any atom is 0.354 e. The van der Waals surface area contributed by atoms with E-state index >= 15 is 0 Å². The highest BCUT2D eigenvalue weighted by atomic mass is 16.5. The number of aliphatic carboxylic acids is 1. The van der Waals surface area contributed by atoms with E-state index in [9.17, 15) is 29.1 Å². The van der Waals surface area contributed by atoms with Gasteiger partial charge in [-0.2, -0.15) is 0 Å². The number of rotatable bonds is 10. The molecular weight excluding hydrogens is 468 g/mol. The average Bonchev–Trinajstić information content (AvgIpc) is 2.85. The van der Waals surface area contributed by atoms with Crippen molar-refractivity contribution in [2.45, 2.75) is 25.7 Å². The van der Waals surface area contributed by atoms with E-state index in [0.29, 0.717) is 24.1 Å².